The van der Waals surface area contributed by atoms with Crippen LogP contribution < -0.4 is 10.1 Å². The Morgan fingerprint density at radius 1 is 1.24 bits per heavy atom. The Morgan fingerprint density at radius 2 is 1.86 bits per heavy atom. The van der Waals surface area contributed by atoms with Crippen molar-refractivity contribution in [2.75, 3.05) is 32.6 Å². The molecule has 0 amide bonds. The molecule has 0 unspecified atom stereocenters. The first-order valence-electron chi connectivity index (χ1n) is 6.69. The predicted octanol–water partition coefficient (Wildman–Crippen LogP) is 3.25. The number of halogens is 3. The summed E-state index contributed by atoms with van der Waals surface area (Å²) in [4.78, 5) is 5.98. The smallest absolute Gasteiger partial charge is 0.416 e. The van der Waals surface area contributed by atoms with Gasteiger partial charge in [0.1, 0.15) is 12.4 Å². The maximum absolute atomic E-state index is 12.9. The lowest BCUT2D eigenvalue weighted by atomic mass is 10.1. The number of nitrogens with one attached hydrogen (secondary N) is 1. The summed E-state index contributed by atoms with van der Waals surface area (Å²) in [6.07, 6.45) is -4.43. The third-order valence-corrected chi connectivity index (χ3v) is 3.27. The fraction of sp³-hybridized carbons (Fsp3) is 0.643. The Bertz CT molecular complexity index is 473. The molecule has 1 aromatic heterocycles. The van der Waals surface area contributed by atoms with Crippen molar-refractivity contribution in [2.45, 2.75) is 32.5 Å². The molecule has 21 heavy (non-hydrogen) atoms. The van der Waals surface area contributed by atoms with Crippen LogP contribution in [0.3, 0.4) is 0 Å². The van der Waals surface area contributed by atoms with Crippen LogP contribution in [0.25, 0.3) is 0 Å². The van der Waals surface area contributed by atoms with Crippen LogP contribution in [0.15, 0.2) is 12.1 Å². The highest BCUT2D eigenvalue weighted by Gasteiger charge is 2.32. The number of likely N-dealkylation sites (N-methyl/N-ethyl adjacent to an activating group) is 1. The topological polar surface area (TPSA) is 37.4 Å². The second-order valence-corrected chi connectivity index (χ2v) is 5.60. The molecule has 1 aromatic rings. The van der Waals surface area contributed by atoms with Crippen molar-refractivity contribution in [3.8, 4) is 5.88 Å². The maximum Gasteiger partial charge on any atom is 0.416 e. The number of hydrogen-bond acceptors (Lipinski definition) is 4. The Hall–Kier alpha value is -1.50. The van der Waals surface area contributed by atoms with Crippen LogP contribution in [0.1, 0.15) is 26.3 Å². The number of alkyl halides is 3. The van der Waals surface area contributed by atoms with Gasteiger partial charge in [-0.05, 0) is 40.9 Å². The maximum atomic E-state index is 12.9. The molecule has 120 valence electrons. The number of nitrogens with zero attached hydrogens (tertiary/aromatic N) is 2. The van der Waals surface area contributed by atoms with Crippen molar-refractivity contribution >= 4 is 5.82 Å². The number of ether oxygens (including phenoxy) is 1. The molecule has 0 aliphatic rings. The Kier molecular flexibility index (Phi) is 5.44. The molecule has 0 radical (unpaired) electrons. The first-order chi connectivity index (χ1) is 9.56. The van der Waals surface area contributed by atoms with E-state index in [2.05, 4.69) is 10.3 Å². The van der Waals surface area contributed by atoms with Gasteiger partial charge in [0.2, 0.25) is 5.88 Å². The van der Waals surface area contributed by atoms with Crippen LogP contribution in [0.5, 0.6) is 5.88 Å². The molecular weight excluding hydrogens is 283 g/mol. The van der Waals surface area contributed by atoms with Crippen LogP contribution in [0, 0.1) is 0 Å². The van der Waals surface area contributed by atoms with Gasteiger partial charge >= 0.3 is 6.18 Å². The summed E-state index contributed by atoms with van der Waals surface area (Å²) in [5.74, 6) is 0.126. The minimum atomic E-state index is -4.43. The van der Waals surface area contributed by atoms with Gasteiger partial charge in [0.15, 0.2) is 0 Å². The highest BCUT2D eigenvalue weighted by Crippen LogP contribution is 2.32. The first-order valence-corrected chi connectivity index (χ1v) is 6.69. The second kappa shape index (κ2) is 6.51. The SMILES string of the molecule is CCNc1cc(C(F)(F)F)cc(OCC(C)(C)N(C)C)n1. The van der Waals surface area contributed by atoms with Gasteiger partial charge in [-0.1, -0.05) is 0 Å². The zero-order valence-corrected chi connectivity index (χ0v) is 13.0. The van der Waals surface area contributed by atoms with E-state index in [1.807, 2.05) is 32.8 Å². The van der Waals surface area contributed by atoms with Gasteiger partial charge in [-0.15, -0.1) is 0 Å². The standard InChI is InChI=1S/C14H22F3N3O/c1-6-18-11-7-10(14(15,16)17)8-12(19-11)21-9-13(2,3)20(4)5/h7-8H,6,9H2,1-5H3,(H,18,19). The Balaban J connectivity index is 2.98. The molecule has 7 heteroatoms. The number of hydrogen-bond donors (Lipinski definition) is 1. The molecule has 1 rings (SSSR count). The summed E-state index contributed by atoms with van der Waals surface area (Å²) in [7, 11) is 3.76. The van der Waals surface area contributed by atoms with Crippen LogP contribution in [0.2, 0.25) is 0 Å². The number of pyridine rings is 1. The predicted molar refractivity (Wildman–Crippen MR) is 76.7 cm³/mol. The summed E-state index contributed by atoms with van der Waals surface area (Å²) in [6, 6.07) is 1.90. The van der Waals surface area contributed by atoms with E-state index < -0.39 is 11.7 Å². The van der Waals surface area contributed by atoms with E-state index in [4.69, 9.17) is 4.74 Å². The lowest BCUT2D eigenvalue weighted by Crippen LogP contribution is -2.43. The van der Waals surface area contributed by atoms with Gasteiger partial charge in [-0.3, -0.25) is 0 Å². The third kappa shape index (κ3) is 5.08. The summed E-state index contributed by atoms with van der Waals surface area (Å²) < 4.78 is 44.1. The zero-order chi connectivity index (χ0) is 16.3. The lowest BCUT2D eigenvalue weighted by Gasteiger charge is -2.32. The first kappa shape index (κ1) is 17.6. The van der Waals surface area contributed by atoms with Crippen LogP contribution in [-0.2, 0) is 6.18 Å². The van der Waals surface area contributed by atoms with E-state index in [-0.39, 0.29) is 23.8 Å². The summed E-state index contributed by atoms with van der Waals surface area (Å²) in [5.41, 5.74) is -1.08. The van der Waals surface area contributed by atoms with Crippen molar-refractivity contribution in [3.05, 3.63) is 17.7 Å². The van der Waals surface area contributed by atoms with E-state index in [1.165, 1.54) is 0 Å². The van der Waals surface area contributed by atoms with E-state index in [0.29, 0.717) is 6.54 Å². The number of rotatable bonds is 6. The average Bonchev–Trinajstić information content (AvgIpc) is 2.35. The highest BCUT2D eigenvalue weighted by molar-refractivity contribution is 5.42. The van der Waals surface area contributed by atoms with E-state index in [0.717, 1.165) is 12.1 Å². The molecule has 0 spiro atoms. The summed E-state index contributed by atoms with van der Waals surface area (Å²) >= 11 is 0. The quantitative estimate of drug-likeness (QED) is 0.875. The molecule has 1 heterocycles. The van der Waals surface area contributed by atoms with Crippen LogP contribution in [-0.4, -0.2) is 42.7 Å². The van der Waals surface area contributed by atoms with Crippen molar-refractivity contribution in [3.63, 3.8) is 0 Å². The molecule has 0 aliphatic heterocycles. The van der Waals surface area contributed by atoms with Gasteiger partial charge in [0.25, 0.3) is 0 Å². The van der Waals surface area contributed by atoms with Crippen LogP contribution in [0.4, 0.5) is 19.0 Å². The van der Waals surface area contributed by atoms with Gasteiger partial charge in [0.05, 0.1) is 5.56 Å². The van der Waals surface area contributed by atoms with Crippen LogP contribution >= 0.6 is 0 Å². The van der Waals surface area contributed by atoms with E-state index >= 15 is 0 Å². The zero-order valence-electron chi connectivity index (χ0n) is 13.0. The highest BCUT2D eigenvalue weighted by atomic mass is 19.4. The van der Waals surface area contributed by atoms with Crippen molar-refractivity contribution in [1.29, 1.82) is 0 Å². The fourth-order valence-electron chi connectivity index (χ4n) is 1.39. The van der Waals surface area contributed by atoms with Crippen molar-refractivity contribution in [1.82, 2.24) is 9.88 Å². The monoisotopic (exact) mass is 305 g/mol. The van der Waals surface area contributed by atoms with Gasteiger partial charge < -0.3 is 15.0 Å². The van der Waals surface area contributed by atoms with Gasteiger partial charge in [0, 0.05) is 18.2 Å². The Morgan fingerprint density at radius 3 is 2.33 bits per heavy atom. The number of anilines is 1. The minimum absolute atomic E-state index is 0.0318. The second-order valence-electron chi connectivity index (χ2n) is 5.60. The van der Waals surface area contributed by atoms with Gasteiger partial charge in [-0.2, -0.15) is 18.2 Å². The minimum Gasteiger partial charge on any atom is -0.476 e. The normalized spacial score (nSPS) is 12.6. The lowest BCUT2D eigenvalue weighted by molar-refractivity contribution is -0.137. The molecular formula is C14H22F3N3O. The molecule has 0 saturated carbocycles. The molecule has 4 nitrogen and oxygen atoms in total. The van der Waals surface area contributed by atoms with Crippen molar-refractivity contribution < 1.29 is 17.9 Å². The summed E-state index contributed by atoms with van der Waals surface area (Å²) in [5, 5.41) is 2.78. The van der Waals surface area contributed by atoms with Gasteiger partial charge in [-0.25, -0.2) is 0 Å². The average molecular weight is 305 g/mol. The van der Waals surface area contributed by atoms with E-state index in [9.17, 15) is 13.2 Å². The molecule has 0 aliphatic carbocycles. The molecule has 0 bridgehead atoms. The Labute approximate surface area is 123 Å². The molecule has 0 saturated heterocycles. The molecule has 0 aromatic carbocycles. The van der Waals surface area contributed by atoms with E-state index in [1.54, 1.807) is 6.92 Å². The third-order valence-electron chi connectivity index (χ3n) is 3.27. The molecule has 0 atom stereocenters. The molecule has 0 fully saturated rings. The summed E-state index contributed by atoms with van der Waals surface area (Å²) in [6.45, 7) is 6.38. The van der Waals surface area contributed by atoms with Crippen molar-refractivity contribution in [2.24, 2.45) is 0 Å². The number of aromatic nitrogens is 1. The fourth-order valence-corrected chi connectivity index (χ4v) is 1.39. The largest absolute Gasteiger partial charge is 0.476 e. The molecule has 1 N–H and O–H groups in total.